The van der Waals surface area contributed by atoms with Gasteiger partial charge in [-0.3, -0.25) is 4.98 Å². The molecule has 1 nitrogen and oxygen atoms in total. The Morgan fingerprint density at radius 3 is 2.31 bits per heavy atom. The number of nitrogens with zero attached hydrogens (tertiary/aromatic N) is 1. The van der Waals surface area contributed by atoms with Gasteiger partial charge in [-0.25, -0.2) is 0 Å². The van der Waals surface area contributed by atoms with Gasteiger partial charge < -0.3 is 0 Å². The van der Waals surface area contributed by atoms with Crippen LogP contribution < -0.4 is 0 Å². The fourth-order valence-electron chi connectivity index (χ4n) is 3.63. The lowest BCUT2D eigenvalue weighted by Gasteiger charge is -2.14. The normalized spacial score (nSPS) is 12.8. The van der Waals surface area contributed by atoms with E-state index in [0.29, 0.717) is 11.8 Å². The van der Waals surface area contributed by atoms with Gasteiger partial charge in [-0.1, -0.05) is 69.3 Å². The number of rotatable bonds is 4. The van der Waals surface area contributed by atoms with E-state index < -0.39 is 0 Å². The van der Waals surface area contributed by atoms with Crippen molar-refractivity contribution in [1.29, 1.82) is 0 Å². The van der Waals surface area contributed by atoms with Gasteiger partial charge in [-0.15, -0.1) is 0 Å². The molecule has 0 N–H and O–H groups in total. The predicted octanol–water partition coefficient (Wildman–Crippen LogP) is 6.86. The average Bonchev–Trinajstić information content (AvgIpc) is 2.67. The average molecular weight is 339 g/mol. The van der Waals surface area contributed by atoms with Crippen LogP contribution in [-0.4, -0.2) is 4.98 Å². The van der Waals surface area contributed by atoms with Gasteiger partial charge in [0, 0.05) is 11.6 Å². The largest absolute Gasteiger partial charge is 0.256 e. The van der Waals surface area contributed by atoms with Crippen molar-refractivity contribution in [3.8, 4) is 0 Å². The van der Waals surface area contributed by atoms with Crippen LogP contribution in [0.5, 0.6) is 0 Å². The standard InChI is InChI=1S/C25H25N/c1-17(2)24-15-23-13-19(8-11-25(23)26-16-24)12-18(3)21-10-9-20-6-4-5-7-22(20)14-21/h4-11,13-18H,12H2,1-3H3. The van der Waals surface area contributed by atoms with Gasteiger partial charge in [0.1, 0.15) is 0 Å². The first-order chi connectivity index (χ1) is 12.6. The van der Waals surface area contributed by atoms with Crippen LogP contribution in [-0.2, 0) is 6.42 Å². The topological polar surface area (TPSA) is 12.9 Å². The predicted molar refractivity (Wildman–Crippen MR) is 112 cm³/mol. The highest BCUT2D eigenvalue weighted by molar-refractivity contribution is 5.83. The van der Waals surface area contributed by atoms with Gasteiger partial charge >= 0.3 is 0 Å². The van der Waals surface area contributed by atoms with Gasteiger partial charge in [-0.05, 0) is 63.9 Å². The molecule has 4 aromatic rings. The van der Waals surface area contributed by atoms with Gasteiger partial charge in [0.2, 0.25) is 0 Å². The molecule has 0 aliphatic rings. The van der Waals surface area contributed by atoms with Crippen LogP contribution in [0.2, 0.25) is 0 Å². The summed E-state index contributed by atoms with van der Waals surface area (Å²) >= 11 is 0. The molecule has 0 saturated heterocycles. The zero-order valence-corrected chi connectivity index (χ0v) is 15.7. The lowest BCUT2D eigenvalue weighted by atomic mass is 9.91. The summed E-state index contributed by atoms with van der Waals surface area (Å²) < 4.78 is 0. The zero-order chi connectivity index (χ0) is 18.1. The van der Waals surface area contributed by atoms with Crippen LogP contribution in [0.1, 0.15) is 49.3 Å². The lowest BCUT2D eigenvalue weighted by molar-refractivity contribution is 0.761. The number of hydrogen-bond donors (Lipinski definition) is 0. The first kappa shape index (κ1) is 16.8. The van der Waals surface area contributed by atoms with Crippen molar-refractivity contribution in [3.63, 3.8) is 0 Å². The second-order valence-electron chi connectivity index (χ2n) is 7.66. The number of fused-ring (bicyclic) bond motifs is 2. The minimum Gasteiger partial charge on any atom is -0.256 e. The van der Waals surface area contributed by atoms with Crippen molar-refractivity contribution < 1.29 is 0 Å². The lowest BCUT2D eigenvalue weighted by Crippen LogP contribution is -1.99. The van der Waals surface area contributed by atoms with Crippen molar-refractivity contribution in [2.45, 2.75) is 39.0 Å². The second kappa shape index (κ2) is 6.92. The molecule has 3 aromatic carbocycles. The molecule has 0 amide bonds. The molecule has 1 atom stereocenters. The van der Waals surface area contributed by atoms with Gasteiger partial charge in [-0.2, -0.15) is 0 Å². The van der Waals surface area contributed by atoms with Gasteiger partial charge in [0.05, 0.1) is 5.52 Å². The van der Waals surface area contributed by atoms with Crippen LogP contribution in [0.15, 0.2) is 72.9 Å². The monoisotopic (exact) mass is 339 g/mol. The van der Waals surface area contributed by atoms with E-state index in [1.165, 1.54) is 32.8 Å². The van der Waals surface area contributed by atoms with E-state index in [-0.39, 0.29) is 0 Å². The Balaban J connectivity index is 1.62. The Labute approximate surface area is 155 Å². The summed E-state index contributed by atoms with van der Waals surface area (Å²) in [7, 11) is 0. The van der Waals surface area contributed by atoms with Crippen molar-refractivity contribution in [2.24, 2.45) is 0 Å². The third kappa shape index (κ3) is 3.35. The number of benzene rings is 3. The summed E-state index contributed by atoms with van der Waals surface area (Å²) in [6.45, 7) is 6.75. The summed E-state index contributed by atoms with van der Waals surface area (Å²) in [6.07, 6.45) is 3.05. The first-order valence-electron chi connectivity index (χ1n) is 9.47. The highest BCUT2D eigenvalue weighted by Gasteiger charge is 2.09. The molecule has 0 radical (unpaired) electrons. The minimum atomic E-state index is 0.485. The van der Waals surface area contributed by atoms with Crippen LogP contribution in [0, 0.1) is 0 Å². The summed E-state index contributed by atoms with van der Waals surface area (Å²) in [4.78, 5) is 4.61. The van der Waals surface area contributed by atoms with Crippen molar-refractivity contribution in [2.75, 3.05) is 0 Å². The Bertz CT molecular complexity index is 1060. The fourth-order valence-corrected chi connectivity index (χ4v) is 3.63. The van der Waals surface area contributed by atoms with Crippen LogP contribution in [0.3, 0.4) is 0 Å². The van der Waals surface area contributed by atoms with Crippen molar-refractivity contribution in [3.05, 3.63) is 89.6 Å². The second-order valence-corrected chi connectivity index (χ2v) is 7.66. The Morgan fingerprint density at radius 1 is 0.731 bits per heavy atom. The summed E-state index contributed by atoms with van der Waals surface area (Å²) in [5.74, 6) is 0.991. The third-order valence-corrected chi connectivity index (χ3v) is 5.32. The number of pyridine rings is 1. The van der Waals surface area contributed by atoms with E-state index >= 15 is 0 Å². The maximum Gasteiger partial charge on any atom is 0.0702 e. The maximum absolute atomic E-state index is 4.61. The van der Waals surface area contributed by atoms with Crippen LogP contribution in [0.4, 0.5) is 0 Å². The van der Waals surface area contributed by atoms with E-state index in [9.17, 15) is 0 Å². The van der Waals surface area contributed by atoms with Crippen molar-refractivity contribution in [1.82, 2.24) is 4.98 Å². The van der Waals surface area contributed by atoms with Crippen molar-refractivity contribution >= 4 is 21.7 Å². The number of hydrogen-bond acceptors (Lipinski definition) is 1. The zero-order valence-electron chi connectivity index (χ0n) is 15.7. The molecule has 1 aromatic heterocycles. The molecule has 26 heavy (non-hydrogen) atoms. The highest BCUT2D eigenvalue weighted by Crippen LogP contribution is 2.26. The molecule has 130 valence electrons. The smallest absolute Gasteiger partial charge is 0.0702 e. The summed E-state index contributed by atoms with van der Waals surface area (Å²) in [5, 5.41) is 3.88. The van der Waals surface area contributed by atoms with E-state index in [0.717, 1.165) is 11.9 Å². The van der Waals surface area contributed by atoms with E-state index in [1.54, 1.807) is 0 Å². The molecule has 1 heterocycles. The molecule has 4 rings (SSSR count). The van der Waals surface area contributed by atoms with Crippen LogP contribution in [0.25, 0.3) is 21.7 Å². The molecular formula is C25H25N. The molecule has 0 spiro atoms. The fraction of sp³-hybridized carbons (Fsp3) is 0.240. The van der Waals surface area contributed by atoms with Gasteiger partial charge in [0.15, 0.2) is 0 Å². The third-order valence-electron chi connectivity index (χ3n) is 5.32. The van der Waals surface area contributed by atoms with Crippen LogP contribution >= 0.6 is 0 Å². The molecule has 0 saturated carbocycles. The summed E-state index contributed by atoms with van der Waals surface area (Å²) in [5.41, 5.74) is 5.16. The van der Waals surface area contributed by atoms with E-state index in [2.05, 4.69) is 92.5 Å². The minimum absolute atomic E-state index is 0.485. The molecule has 0 aliphatic heterocycles. The highest BCUT2D eigenvalue weighted by atomic mass is 14.6. The molecule has 1 heteroatoms. The SMILES string of the molecule is CC(C)c1cnc2ccc(CC(C)c3ccc4ccccc4c3)cc2c1. The Hall–Kier alpha value is -2.67. The molecule has 0 bridgehead atoms. The molecular weight excluding hydrogens is 314 g/mol. The molecule has 0 aliphatic carbocycles. The van der Waals surface area contributed by atoms with Gasteiger partial charge in [0.25, 0.3) is 0 Å². The maximum atomic E-state index is 4.61. The summed E-state index contributed by atoms with van der Waals surface area (Å²) in [6, 6.07) is 24.4. The molecule has 0 fully saturated rings. The first-order valence-corrected chi connectivity index (χ1v) is 9.47. The quantitative estimate of drug-likeness (QED) is 0.396. The Morgan fingerprint density at radius 2 is 1.50 bits per heavy atom. The van der Waals surface area contributed by atoms with E-state index in [1.807, 2.05) is 6.20 Å². The van der Waals surface area contributed by atoms with E-state index in [4.69, 9.17) is 0 Å². The Kier molecular flexibility index (Phi) is 4.46. The number of aromatic nitrogens is 1. The molecule has 1 unspecified atom stereocenters.